The molecule has 1 fully saturated rings. The van der Waals surface area contributed by atoms with Gasteiger partial charge >= 0.3 is 0 Å². The average Bonchev–Trinajstić information content (AvgIpc) is 2.89. The number of benzene rings is 2. The van der Waals surface area contributed by atoms with E-state index in [4.69, 9.17) is 14.5 Å². The summed E-state index contributed by atoms with van der Waals surface area (Å²) in [6, 6.07) is 17.6. The number of hydrogen-bond donors (Lipinski definition) is 0. The smallest absolute Gasteiger partial charge is 0.170 e. The molecule has 4 aromatic rings. The molecule has 0 N–H and O–H groups in total. The molecule has 166 valence electrons. The number of rotatable bonds is 6. The highest BCUT2D eigenvalue weighted by atomic mass is 16.5. The molecule has 1 aliphatic heterocycles. The summed E-state index contributed by atoms with van der Waals surface area (Å²) in [6.45, 7) is 3.00. The van der Waals surface area contributed by atoms with Crippen LogP contribution < -0.4 is 9.64 Å². The van der Waals surface area contributed by atoms with Crippen molar-refractivity contribution in [2.75, 3.05) is 38.3 Å². The summed E-state index contributed by atoms with van der Waals surface area (Å²) in [4.78, 5) is 28.9. The third-order valence-corrected chi connectivity index (χ3v) is 5.76. The molecule has 7 nitrogen and oxygen atoms in total. The molecule has 33 heavy (non-hydrogen) atoms. The fourth-order valence-electron chi connectivity index (χ4n) is 4.01. The van der Waals surface area contributed by atoms with Crippen molar-refractivity contribution in [1.29, 1.82) is 0 Å². The molecule has 0 saturated carbocycles. The van der Waals surface area contributed by atoms with Crippen LogP contribution in [0.1, 0.15) is 16.1 Å². The van der Waals surface area contributed by atoms with Crippen molar-refractivity contribution in [3.63, 3.8) is 0 Å². The number of aromatic nitrogens is 3. The molecule has 0 aliphatic carbocycles. The minimum absolute atomic E-state index is 0.0529. The van der Waals surface area contributed by atoms with Crippen LogP contribution in [0.3, 0.4) is 0 Å². The van der Waals surface area contributed by atoms with E-state index in [1.165, 1.54) is 0 Å². The van der Waals surface area contributed by atoms with Crippen LogP contribution in [-0.2, 0) is 11.2 Å². The van der Waals surface area contributed by atoms with Crippen molar-refractivity contribution < 1.29 is 14.3 Å². The van der Waals surface area contributed by atoms with Gasteiger partial charge in [-0.2, -0.15) is 0 Å². The number of ether oxygens (including phenoxy) is 2. The van der Waals surface area contributed by atoms with Gasteiger partial charge in [-0.3, -0.25) is 9.78 Å². The van der Waals surface area contributed by atoms with Gasteiger partial charge in [-0.1, -0.05) is 30.3 Å². The monoisotopic (exact) mass is 440 g/mol. The Morgan fingerprint density at radius 3 is 2.52 bits per heavy atom. The average molecular weight is 441 g/mol. The molecular formula is C26H24N4O3. The van der Waals surface area contributed by atoms with Crippen LogP contribution in [0.15, 0.2) is 67.0 Å². The first kappa shape index (κ1) is 21.0. The number of nitrogens with zero attached hydrogens (tertiary/aromatic N) is 4. The van der Waals surface area contributed by atoms with Crippen molar-refractivity contribution >= 4 is 22.6 Å². The summed E-state index contributed by atoms with van der Waals surface area (Å²) in [7, 11) is 1.61. The zero-order chi connectivity index (χ0) is 22.6. The van der Waals surface area contributed by atoms with E-state index < -0.39 is 0 Å². The van der Waals surface area contributed by atoms with Crippen LogP contribution in [0.2, 0.25) is 0 Å². The van der Waals surface area contributed by atoms with Crippen molar-refractivity contribution in [2.24, 2.45) is 0 Å². The lowest BCUT2D eigenvalue weighted by molar-refractivity contribution is 0.0991. The Bertz CT molecular complexity index is 1270. The molecule has 0 spiro atoms. The Hall–Kier alpha value is -3.84. The number of ketones is 1. The van der Waals surface area contributed by atoms with E-state index in [1.807, 2.05) is 54.6 Å². The zero-order valence-corrected chi connectivity index (χ0v) is 18.4. The summed E-state index contributed by atoms with van der Waals surface area (Å²) < 4.78 is 10.9. The molecule has 0 atom stereocenters. The molecule has 3 heterocycles. The number of anilines is 1. The van der Waals surface area contributed by atoms with Gasteiger partial charge in [-0.15, -0.1) is 0 Å². The number of Topliss-reactive ketones (excluding diaryl/α,β-unsaturated/α-hetero) is 1. The first-order valence-electron chi connectivity index (χ1n) is 10.9. The summed E-state index contributed by atoms with van der Waals surface area (Å²) >= 11 is 0. The van der Waals surface area contributed by atoms with Gasteiger partial charge in [-0.05, 0) is 29.8 Å². The van der Waals surface area contributed by atoms with Gasteiger partial charge in [0.05, 0.1) is 32.4 Å². The van der Waals surface area contributed by atoms with E-state index in [1.54, 1.807) is 19.5 Å². The van der Waals surface area contributed by atoms with Gasteiger partial charge in [0.2, 0.25) is 0 Å². The van der Waals surface area contributed by atoms with Gasteiger partial charge in [0.25, 0.3) is 0 Å². The predicted octanol–water partition coefficient (Wildman–Crippen LogP) is 3.96. The Balaban J connectivity index is 1.40. The minimum atomic E-state index is -0.0529. The zero-order valence-electron chi connectivity index (χ0n) is 18.4. The normalized spacial score (nSPS) is 13.8. The topological polar surface area (TPSA) is 77.4 Å². The van der Waals surface area contributed by atoms with Crippen molar-refractivity contribution in [2.45, 2.75) is 6.42 Å². The Kier molecular flexibility index (Phi) is 5.95. The predicted molar refractivity (Wildman–Crippen MR) is 127 cm³/mol. The van der Waals surface area contributed by atoms with Gasteiger partial charge in [0, 0.05) is 36.6 Å². The number of morpholine rings is 1. The number of pyridine rings is 1. The fourth-order valence-corrected chi connectivity index (χ4v) is 4.01. The molecule has 1 saturated heterocycles. The number of carbonyl (C=O) groups excluding carboxylic acids is 1. The first-order valence-corrected chi connectivity index (χ1v) is 10.9. The highest BCUT2D eigenvalue weighted by molar-refractivity contribution is 5.98. The quantitative estimate of drug-likeness (QED) is 0.420. The van der Waals surface area contributed by atoms with Gasteiger partial charge < -0.3 is 14.4 Å². The van der Waals surface area contributed by atoms with Crippen LogP contribution in [0.5, 0.6) is 5.75 Å². The second kappa shape index (κ2) is 9.34. The molecule has 0 radical (unpaired) electrons. The molecule has 0 amide bonds. The molecular weight excluding hydrogens is 416 g/mol. The summed E-state index contributed by atoms with van der Waals surface area (Å²) in [5, 5.41) is 0. The SMILES string of the molecule is COc1ccc(-c2ccccc2)c2ncc(CC(=O)c3ccc(N4CCOCC4)nc3)nc12. The maximum atomic E-state index is 12.9. The molecule has 2 aromatic heterocycles. The largest absolute Gasteiger partial charge is 0.494 e. The second-order valence-electron chi connectivity index (χ2n) is 7.84. The molecule has 0 unspecified atom stereocenters. The molecule has 2 aromatic carbocycles. The van der Waals surface area contributed by atoms with Gasteiger partial charge in [0.1, 0.15) is 22.6 Å². The fraction of sp³-hybridized carbons (Fsp3) is 0.231. The van der Waals surface area contributed by atoms with Crippen molar-refractivity contribution in [3.05, 3.63) is 78.2 Å². The van der Waals surface area contributed by atoms with Crippen LogP contribution in [0.25, 0.3) is 22.2 Å². The van der Waals surface area contributed by atoms with E-state index in [0.717, 1.165) is 35.6 Å². The number of carbonyl (C=O) groups is 1. The number of methoxy groups -OCH3 is 1. The van der Waals surface area contributed by atoms with E-state index in [0.29, 0.717) is 35.7 Å². The number of fused-ring (bicyclic) bond motifs is 1. The van der Waals surface area contributed by atoms with E-state index in [9.17, 15) is 4.79 Å². The maximum Gasteiger partial charge on any atom is 0.170 e. The van der Waals surface area contributed by atoms with Crippen LogP contribution in [0, 0.1) is 0 Å². The third-order valence-electron chi connectivity index (χ3n) is 5.76. The summed E-state index contributed by atoms with van der Waals surface area (Å²) in [6.07, 6.45) is 3.44. The van der Waals surface area contributed by atoms with Gasteiger partial charge in [-0.25, -0.2) is 9.97 Å². The van der Waals surface area contributed by atoms with Gasteiger partial charge in [0.15, 0.2) is 5.78 Å². The highest BCUT2D eigenvalue weighted by Gasteiger charge is 2.16. The third kappa shape index (κ3) is 4.40. The molecule has 7 heteroatoms. The first-order chi connectivity index (χ1) is 16.2. The Morgan fingerprint density at radius 2 is 1.79 bits per heavy atom. The van der Waals surface area contributed by atoms with Crippen LogP contribution in [0.4, 0.5) is 5.82 Å². The minimum Gasteiger partial charge on any atom is -0.494 e. The lowest BCUT2D eigenvalue weighted by Gasteiger charge is -2.27. The number of hydrogen-bond acceptors (Lipinski definition) is 7. The lowest BCUT2D eigenvalue weighted by atomic mass is 10.0. The Labute approximate surface area is 192 Å². The van der Waals surface area contributed by atoms with Crippen LogP contribution >= 0.6 is 0 Å². The maximum absolute atomic E-state index is 12.9. The Morgan fingerprint density at radius 1 is 0.970 bits per heavy atom. The van der Waals surface area contributed by atoms with Crippen LogP contribution in [-0.4, -0.2) is 54.1 Å². The van der Waals surface area contributed by atoms with E-state index in [-0.39, 0.29) is 12.2 Å². The van der Waals surface area contributed by atoms with Crippen molar-refractivity contribution in [1.82, 2.24) is 15.0 Å². The highest BCUT2D eigenvalue weighted by Crippen LogP contribution is 2.32. The summed E-state index contributed by atoms with van der Waals surface area (Å²) in [5.74, 6) is 1.43. The molecule has 0 bridgehead atoms. The molecule has 5 rings (SSSR count). The standard InChI is InChI=1S/C26H24N4O3/c1-32-23-9-8-21(18-5-3-2-4-6-18)25-26(23)29-20(17-28-25)15-22(31)19-7-10-24(27-16-19)30-11-13-33-14-12-30/h2-10,16-17H,11-15H2,1H3. The second-order valence-corrected chi connectivity index (χ2v) is 7.84. The lowest BCUT2D eigenvalue weighted by Crippen LogP contribution is -2.36. The van der Waals surface area contributed by atoms with E-state index in [2.05, 4.69) is 14.9 Å². The summed E-state index contributed by atoms with van der Waals surface area (Å²) in [5.41, 5.74) is 4.56. The molecule has 1 aliphatic rings. The van der Waals surface area contributed by atoms with Crippen molar-refractivity contribution in [3.8, 4) is 16.9 Å². The van der Waals surface area contributed by atoms with E-state index >= 15 is 0 Å².